The van der Waals surface area contributed by atoms with Gasteiger partial charge in [-0.2, -0.15) is 0 Å². The van der Waals surface area contributed by atoms with Crippen LogP contribution in [0.1, 0.15) is 65.6 Å². The van der Waals surface area contributed by atoms with E-state index >= 15 is 0 Å². The van der Waals surface area contributed by atoms with Crippen LogP contribution in [0.15, 0.2) is 9.59 Å². The Labute approximate surface area is 193 Å². The first kappa shape index (κ1) is 24.7. The quantitative estimate of drug-likeness (QED) is 0.586. The van der Waals surface area contributed by atoms with Crippen LogP contribution in [-0.2, 0) is 29.1 Å². The van der Waals surface area contributed by atoms with Crippen molar-refractivity contribution in [1.82, 2.24) is 29.3 Å². The first-order chi connectivity index (χ1) is 15.7. The van der Waals surface area contributed by atoms with Gasteiger partial charge in [-0.3, -0.25) is 23.9 Å². The Bertz CT molecular complexity index is 1100. The Morgan fingerprint density at radius 1 is 1.18 bits per heavy atom. The van der Waals surface area contributed by atoms with Crippen molar-refractivity contribution < 1.29 is 9.59 Å². The van der Waals surface area contributed by atoms with Gasteiger partial charge < -0.3 is 14.8 Å². The van der Waals surface area contributed by atoms with Gasteiger partial charge in [0, 0.05) is 52.0 Å². The highest BCUT2D eigenvalue weighted by Gasteiger charge is 2.24. The zero-order valence-corrected chi connectivity index (χ0v) is 20.1. The van der Waals surface area contributed by atoms with Crippen molar-refractivity contribution in [2.24, 2.45) is 5.92 Å². The number of carbonyl (C=O) groups is 2. The lowest BCUT2D eigenvalue weighted by Crippen LogP contribution is -2.46. The summed E-state index contributed by atoms with van der Waals surface area (Å²) in [6, 6.07) is 0.119. The molecule has 0 radical (unpaired) electrons. The highest BCUT2D eigenvalue weighted by atomic mass is 16.2. The van der Waals surface area contributed by atoms with Gasteiger partial charge in [0.05, 0.1) is 0 Å². The Kier molecular flexibility index (Phi) is 8.10. The van der Waals surface area contributed by atoms with Gasteiger partial charge in [0.1, 0.15) is 5.82 Å². The largest absolute Gasteiger partial charge is 0.353 e. The average Bonchev–Trinajstić information content (AvgIpc) is 3.09. The molecule has 0 bridgehead atoms. The predicted octanol–water partition coefficient (Wildman–Crippen LogP) is 1.40. The van der Waals surface area contributed by atoms with Gasteiger partial charge in [0.2, 0.25) is 11.8 Å². The van der Waals surface area contributed by atoms with Crippen molar-refractivity contribution >= 4 is 23.0 Å². The number of aromatic nitrogens is 4. The van der Waals surface area contributed by atoms with Crippen LogP contribution >= 0.6 is 0 Å². The minimum Gasteiger partial charge on any atom is -0.353 e. The number of imidazole rings is 1. The van der Waals surface area contributed by atoms with E-state index in [-0.39, 0.29) is 30.2 Å². The summed E-state index contributed by atoms with van der Waals surface area (Å²) in [4.78, 5) is 58.2. The van der Waals surface area contributed by atoms with Crippen molar-refractivity contribution in [3.05, 3.63) is 26.7 Å². The molecule has 1 aliphatic heterocycles. The molecule has 182 valence electrons. The number of nitrogens with zero attached hydrogens (tertiary/aromatic N) is 4. The molecule has 2 aromatic rings. The second kappa shape index (κ2) is 10.8. The second-order valence-corrected chi connectivity index (χ2v) is 9.32. The number of fused-ring (bicyclic) bond motifs is 1. The summed E-state index contributed by atoms with van der Waals surface area (Å²) in [5, 5.41) is 2.92. The molecule has 3 heterocycles. The smallest absolute Gasteiger partial charge is 0.330 e. The number of hydrogen-bond donors (Lipinski definition) is 2. The van der Waals surface area contributed by atoms with Crippen molar-refractivity contribution in [2.45, 2.75) is 85.4 Å². The van der Waals surface area contributed by atoms with E-state index in [1.165, 1.54) is 11.5 Å². The molecule has 1 fully saturated rings. The average molecular weight is 461 g/mol. The lowest BCUT2D eigenvalue weighted by Gasteiger charge is -2.32. The fourth-order valence-corrected chi connectivity index (χ4v) is 4.43. The first-order valence-electron chi connectivity index (χ1n) is 12.0. The number of aryl methyl sites for hydroxylation is 2. The molecule has 2 aromatic heterocycles. The third kappa shape index (κ3) is 5.91. The Balaban J connectivity index is 1.81. The van der Waals surface area contributed by atoms with E-state index < -0.39 is 11.2 Å². The summed E-state index contributed by atoms with van der Waals surface area (Å²) < 4.78 is 3.41. The van der Waals surface area contributed by atoms with Gasteiger partial charge in [0.25, 0.3) is 5.56 Å². The van der Waals surface area contributed by atoms with E-state index in [0.717, 1.165) is 25.7 Å². The van der Waals surface area contributed by atoms with E-state index in [9.17, 15) is 19.2 Å². The summed E-state index contributed by atoms with van der Waals surface area (Å²) in [5.74, 6) is 0.912. The van der Waals surface area contributed by atoms with Gasteiger partial charge in [-0.05, 0) is 25.2 Å². The number of nitrogens with one attached hydrogen (secondary N) is 2. The van der Waals surface area contributed by atoms with Crippen molar-refractivity contribution in [3.63, 3.8) is 0 Å². The molecule has 10 heteroatoms. The van der Waals surface area contributed by atoms with Gasteiger partial charge >= 0.3 is 5.69 Å². The molecule has 1 aliphatic rings. The number of carbonyl (C=O) groups excluding carboxylic acids is 2. The van der Waals surface area contributed by atoms with Crippen molar-refractivity contribution in [1.29, 1.82) is 0 Å². The SMILES string of the molecule is CCCCn1c(=O)[nH]c(=O)c2c1nc(CCC(=O)N1CCC(NC(C)=O)CC1)n2CC(C)C. The Morgan fingerprint density at radius 2 is 1.88 bits per heavy atom. The monoisotopic (exact) mass is 460 g/mol. The molecule has 3 rings (SSSR count). The lowest BCUT2D eigenvalue weighted by molar-refractivity contribution is -0.132. The molecule has 1 saturated heterocycles. The molecular formula is C23H36N6O4. The molecule has 0 aromatic carbocycles. The molecular weight excluding hydrogens is 424 g/mol. The third-order valence-corrected chi connectivity index (χ3v) is 6.07. The summed E-state index contributed by atoms with van der Waals surface area (Å²) in [6.07, 6.45) is 3.89. The summed E-state index contributed by atoms with van der Waals surface area (Å²) >= 11 is 0. The Morgan fingerprint density at radius 3 is 2.48 bits per heavy atom. The molecule has 0 saturated carbocycles. The molecule has 0 unspecified atom stereocenters. The van der Waals surface area contributed by atoms with E-state index in [1.807, 2.05) is 16.4 Å². The number of H-pyrrole nitrogens is 1. The zero-order chi connectivity index (χ0) is 24.1. The predicted molar refractivity (Wildman–Crippen MR) is 126 cm³/mol. The second-order valence-electron chi connectivity index (χ2n) is 9.32. The van der Waals surface area contributed by atoms with Crippen LogP contribution < -0.4 is 16.6 Å². The van der Waals surface area contributed by atoms with E-state index in [4.69, 9.17) is 0 Å². The topological polar surface area (TPSA) is 122 Å². The lowest BCUT2D eigenvalue weighted by atomic mass is 10.0. The number of piperidine rings is 1. The van der Waals surface area contributed by atoms with Gasteiger partial charge in [-0.25, -0.2) is 9.78 Å². The number of aromatic amines is 1. The maximum absolute atomic E-state index is 12.9. The van der Waals surface area contributed by atoms with Crippen LogP contribution in [-0.4, -0.2) is 54.9 Å². The van der Waals surface area contributed by atoms with Gasteiger partial charge in [0.15, 0.2) is 11.2 Å². The summed E-state index contributed by atoms with van der Waals surface area (Å²) in [7, 11) is 0. The molecule has 0 atom stereocenters. The maximum atomic E-state index is 12.9. The van der Waals surface area contributed by atoms with Crippen LogP contribution in [0.2, 0.25) is 0 Å². The van der Waals surface area contributed by atoms with Crippen molar-refractivity contribution in [3.8, 4) is 0 Å². The molecule has 10 nitrogen and oxygen atoms in total. The fraction of sp³-hybridized carbons (Fsp3) is 0.696. The first-order valence-corrected chi connectivity index (χ1v) is 12.0. The minimum absolute atomic E-state index is 0.0386. The van der Waals surface area contributed by atoms with Crippen LogP contribution in [0.25, 0.3) is 11.2 Å². The highest BCUT2D eigenvalue weighted by molar-refractivity contribution is 5.77. The van der Waals surface area contributed by atoms with E-state index in [1.54, 1.807) is 0 Å². The molecule has 2 amide bonds. The van der Waals surface area contributed by atoms with Gasteiger partial charge in [-0.1, -0.05) is 27.2 Å². The van der Waals surface area contributed by atoms with Crippen molar-refractivity contribution in [2.75, 3.05) is 13.1 Å². The molecule has 33 heavy (non-hydrogen) atoms. The van der Waals surface area contributed by atoms with E-state index in [0.29, 0.717) is 49.6 Å². The summed E-state index contributed by atoms with van der Waals surface area (Å²) in [6.45, 7) is 9.96. The number of amides is 2. The molecule has 0 aliphatic carbocycles. The molecule has 0 spiro atoms. The highest BCUT2D eigenvalue weighted by Crippen LogP contribution is 2.17. The van der Waals surface area contributed by atoms with Crippen LogP contribution in [0.5, 0.6) is 0 Å². The standard InChI is InChI=1S/C23H36N6O4/c1-5-6-11-28-21-20(22(32)26-23(28)33)29(14-15(2)3)18(25-21)7-8-19(31)27-12-9-17(10-13-27)24-16(4)30/h15,17H,5-14H2,1-4H3,(H,24,30)(H,26,32,33). The minimum atomic E-state index is -0.445. The maximum Gasteiger partial charge on any atom is 0.330 e. The van der Waals surface area contributed by atoms with E-state index in [2.05, 4.69) is 29.1 Å². The third-order valence-electron chi connectivity index (χ3n) is 6.07. The zero-order valence-electron chi connectivity index (χ0n) is 20.1. The van der Waals surface area contributed by atoms with Crippen LogP contribution in [0.3, 0.4) is 0 Å². The number of unbranched alkanes of at least 4 members (excludes halogenated alkanes) is 1. The number of hydrogen-bond acceptors (Lipinski definition) is 5. The number of rotatable bonds is 9. The fourth-order valence-electron chi connectivity index (χ4n) is 4.43. The normalized spacial score (nSPS) is 14.9. The number of likely N-dealkylation sites (tertiary alicyclic amines) is 1. The van der Waals surface area contributed by atoms with Gasteiger partial charge in [-0.15, -0.1) is 0 Å². The van der Waals surface area contributed by atoms with Crippen LogP contribution in [0, 0.1) is 5.92 Å². The van der Waals surface area contributed by atoms with Crippen LogP contribution in [0.4, 0.5) is 0 Å². The Hall–Kier alpha value is -2.91. The molecule has 2 N–H and O–H groups in total. The summed E-state index contributed by atoms with van der Waals surface area (Å²) in [5.41, 5.74) is -0.0808.